The lowest BCUT2D eigenvalue weighted by Gasteiger charge is -1.91. The summed E-state index contributed by atoms with van der Waals surface area (Å²) in [7, 11) is 1.91. The minimum absolute atomic E-state index is 0. The first-order valence-corrected chi connectivity index (χ1v) is 3.51. The third kappa shape index (κ3) is 2.20. The van der Waals surface area contributed by atoms with Crippen molar-refractivity contribution in [3.05, 3.63) is 18.2 Å². The van der Waals surface area contributed by atoms with Gasteiger partial charge in [-0.3, -0.25) is 0 Å². The van der Waals surface area contributed by atoms with Crippen LogP contribution in [0, 0.1) is 0 Å². The second-order valence-electron chi connectivity index (χ2n) is 2.30. The van der Waals surface area contributed by atoms with Gasteiger partial charge in [0.15, 0.2) is 6.21 Å². The molecule has 0 aliphatic heterocycles. The lowest BCUT2D eigenvalue weighted by atomic mass is 10.6. The normalized spacial score (nSPS) is 10.2. The van der Waals surface area contributed by atoms with Crippen LogP contribution in [0.3, 0.4) is 0 Å². The molecule has 4 nitrogen and oxygen atoms in total. The average Bonchev–Trinajstić information content (AvgIpc) is 2.34. The highest BCUT2D eigenvalue weighted by Gasteiger charge is 2.09. The van der Waals surface area contributed by atoms with E-state index >= 15 is 0 Å². The number of nitrogens with zero attached hydrogens (tertiary/aromatic N) is 3. The maximum absolute atomic E-state index is 8.33. The summed E-state index contributed by atoms with van der Waals surface area (Å²) in [5.74, 6) is 0.884. The molecule has 1 rings (SSSR count). The van der Waals surface area contributed by atoms with Crippen LogP contribution in [-0.2, 0) is 13.6 Å². The molecule has 5 heteroatoms. The van der Waals surface area contributed by atoms with Gasteiger partial charge in [-0.2, -0.15) is 0 Å². The van der Waals surface area contributed by atoms with E-state index in [1.165, 1.54) is 6.21 Å². The van der Waals surface area contributed by atoms with E-state index in [0.29, 0.717) is 0 Å². The molecule has 0 amide bonds. The van der Waals surface area contributed by atoms with Gasteiger partial charge >= 0.3 is 5.82 Å². The molecule has 0 unspecified atom stereocenters. The fourth-order valence-corrected chi connectivity index (χ4v) is 1.02. The molecule has 1 N–H and O–H groups in total. The Labute approximate surface area is 88.5 Å². The van der Waals surface area contributed by atoms with Crippen LogP contribution in [0.25, 0.3) is 0 Å². The number of aromatic nitrogens is 2. The second-order valence-corrected chi connectivity index (χ2v) is 2.30. The molecule has 1 aromatic heterocycles. The predicted octanol–water partition coefficient (Wildman–Crippen LogP) is -2.86. The van der Waals surface area contributed by atoms with E-state index in [2.05, 4.69) is 5.16 Å². The van der Waals surface area contributed by atoms with Crippen molar-refractivity contribution in [2.24, 2.45) is 12.2 Å². The average molecular weight is 281 g/mol. The van der Waals surface area contributed by atoms with Crippen LogP contribution in [0.5, 0.6) is 0 Å². The zero-order valence-electron chi connectivity index (χ0n) is 7.11. The Balaban J connectivity index is 0.00000121. The van der Waals surface area contributed by atoms with Gasteiger partial charge in [0.2, 0.25) is 0 Å². The number of oxime groups is 1. The monoisotopic (exact) mass is 281 g/mol. The number of rotatable bonds is 2. The molecule has 68 valence electrons. The van der Waals surface area contributed by atoms with Gasteiger partial charge in [0.25, 0.3) is 0 Å². The zero-order chi connectivity index (χ0) is 8.27. The molecule has 0 atom stereocenters. The number of hydrogen-bond acceptors (Lipinski definition) is 2. The second kappa shape index (κ2) is 5.13. The summed E-state index contributed by atoms with van der Waals surface area (Å²) in [4.78, 5) is 0. The van der Waals surface area contributed by atoms with Gasteiger partial charge in [-0.05, 0) is 6.92 Å². The smallest absolute Gasteiger partial charge is 0.303 e. The maximum atomic E-state index is 8.33. The van der Waals surface area contributed by atoms with Crippen molar-refractivity contribution in [1.29, 1.82) is 0 Å². The van der Waals surface area contributed by atoms with Gasteiger partial charge in [0.05, 0.1) is 13.6 Å². The fraction of sp³-hybridized carbons (Fsp3) is 0.429. The first kappa shape index (κ1) is 11.4. The molecular weight excluding hydrogens is 269 g/mol. The summed E-state index contributed by atoms with van der Waals surface area (Å²) in [6.07, 6.45) is 5.28. The lowest BCUT2D eigenvalue weighted by molar-refractivity contribution is -0.671. The van der Waals surface area contributed by atoms with Crippen molar-refractivity contribution < 1.29 is 33.8 Å². The molecule has 1 heterocycles. The highest BCUT2D eigenvalue weighted by Crippen LogP contribution is 1.90. The summed E-state index contributed by atoms with van der Waals surface area (Å²) < 4.78 is 3.88. The molecule has 0 fully saturated rings. The van der Waals surface area contributed by atoms with Gasteiger partial charge in [-0.25, -0.2) is 9.13 Å². The molecule has 0 bridgehead atoms. The lowest BCUT2D eigenvalue weighted by Crippen LogP contribution is -3.00. The van der Waals surface area contributed by atoms with Crippen LogP contribution in [-0.4, -0.2) is 16.0 Å². The Hall–Kier alpha value is -0.590. The Bertz CT molecular complexity index is 270. The number of imidazole rings is 1. The van der Waals surface area contributed by atoms with E-state index in [4.69, 9.17) is 5.21 Å². The molecular formula is C7H12IN3O. The van der Waals surface area contributed by atoms with Crippen LogP contribution >= 0.6 is 0 Å². The molecule has 12 heavy (non-hydrogen) atoms. The largest absolute Gasteiger partial charge is 1.00 e. The summed E-state index contributed by atoms with van der Waals surface area (Å²) in [5, 5.41) is 11.3. The standard InChI is InChI=1S/C7H11N3O.HI/c1-3-10-5-4-9(2)7(10)6-8-11;/h4-6H,3H2,1-2H3;1H. The molecule has 0 spiro atoms. The van der Waals surface area contributed by atoms with Gasteiger partial charge < -0.3 is 29.2 Å². The van der Waals surface area contributed by atoms with E-state index in [-0.39, 0.29) is 24.0 Å². The molecule has 1 aromatic rings. The van der Waals surface area contributed by atoms with E-state index in [9.17, 15) is 0 Å². The maximum Gasteiger partial charge on any atom is 0.303 e. The Kier molecular flexibility index (Phi) is 4.87. The molecule has 0 saturated carbocycles. The molecule has 0 aliphatic carbocycles. The quantitative estimate of drug-likeness (QED) is 0.205. The number of halogens is 1. The van der Waals surface area contributed by atoms with Gasteiger partial charge in [-0.1, -0.05) is 5.16 Å². The minimum Gasteiger partial charge on any atom is -1.00 e. The van der Waals surface area contributed by atoms with Crippen LogP contribution < -0.4 is 28.5 Å². The van der Waals surface area contributed by atoms with Crippen LogP contribution in [0.4, 0.5) is 0 Å². The van der Waals surface area contributed by atoms with E-state index in [0.717, 1.165) is 12.4 Å². The van der Waals surface area contributed by atoms with E-state index < -0.39 is 0 Å². The highest BCUT2D eigenvalue weighted by atomic mass is 127. The Morgan fingerprint density at radius 1 is 1.75 bits per heavy atom. The van der Waals surface area contributed by atoms with Crippen molar-refractivity contribution >= 4 is 6.21 Å². The van der Waals surface area contributed by atoms with Crippen molar-refractivity contribution in [3.63, 3.8) is 0 Å². The van der Waals surface area contributed by atoms with E-state index in [1.54, 1.807) is 0 Å². The molecule has 0 saturated heterocycles. The minimum atomic E-state index is 0. The molecule has 0 aliphatic rings. The number of hydrogen-bond donors (Lipinski definition) is 1. The topological polar surface area (TPSA) is 41.4 Å². The predicted molar refractivity (Wildman–Crippen MR) is 40.7 cm³/mol. The van der Waals surface area contributed by atoms with Crippen LogP contribution in [0.15, 0.2) is 17.5 Å². The summed E-state index contributed by atoms with van der Waals surface area (Å²) in [6, 6.07) is 0. The molecule has 0 aromatic carbocycles. The summed E-state index contributed by atoms with van der Waals surface area (Å²) in [5.41, 5.74) is 0. The van der Waals surface area contributed by atoms with Crippen molar-refractivity contribution in [3.8, 4) is 0 Å². The summed E-state index contributed by atoms with van der Waals surface area (Å²) in [6.45, 7) is 2.91. The fourth-order valence-electron chi connectivity index (χ4n) is 1.02. The van der Waals surface area contributed by atoms with Crippen molar-refractivity contribution in [1.82, 2.24) is 4.57 Å². The van der Waals surface area contributed by atoms with Gasteiger partial charge in [0, 0.05) is 0 Å². The van der Waals surface area contributed by atoms with Gasteiger partial charge in [-0.15, -0.1) is 0 Å². The van der Waals surface area contributed by atoms with Crippen LogP contribution in [0.2, 0.25) is 0 Å². The van der Waals surface area contributed by atoms with Gasteiger partial charge in [0.1, 0.15) is 12.4 Å². The first-order valence-electron chi connectivity index (χ1n) is 3.51. The zero-order valence-corrected chi connectivity index (χ0v) is 9.26. The van der Waals surface area contributed by atoms with Crippen molar-refractivity contribution in [2.75, 3.05) is 0 Å². The Morgan fingerprint density at radius 2 is 2.42 bits per heavy atom. The number of aryl methyl sites for hydroxylation is 2. The summed E-state index contributed by atoms with van der Waals surface area (Å²) >= 11 is 0. The third-order valence-electron chi connectivity index (χ3n) is 1.64. The first-order chi connectivity index (χ1) is 5.29. The SMILES string of the molecule is CCn1cc[n+](C)c1C=NO.[I-]. The third-order valence-corrected chi connectivity index (χ3v) is 1.64. The Morgan fingerprint density at radius 3 is 2.92 bits per heavy atom. The van der Waals surface area contributed by atoms with E-state index in [1.807, 2.05) is 35.5 Å². The molecule has 0 radical (unpaired) electrons. The van der Waals surface area contributed by atoms with Crippen LogP contribution in [0.1, 0.15) is 12.7 Å². The highest BCUT2D eigenvalue weighted by molar-refractivity contribution is 5.72. The van der Waals surface area contributed by atoms with Crippen molar-refractivity contribution in [2.45, 2.75) is 13.5 Å².